The number of nitrogens with one attached hydrogen (secondary N) is 1. The van der Waals surface area contributed by atoms with Gasteiger partial charge >= 0.3 is 0 Å². The van der Waals surface area contributed by atoms with E-state index in [4.69, 9.17) is 4.74 Å². The first-order valence-corrected chi connectivity index (χ1v) is 12.0. The number of carbonyl (C=O) groups excluding carboxylic acids is 3. The zero-order valence-corrected chi connectivity index (χ0v) is 20.5. The van der Waals surface area contributed by atoms with Crippen LogP contribution in [0.1, 0.15) is 22.3 Å². The minimum atomic E-state index is -1.02. The second kappa shape index (κ2) is 10.2. The van der Waals surface area contributed by atoms with Gasteiger partial charge in [0, 0.05) is 41.3 Å². The molecule has 0 aliphatic carbocycles. The number of H-pyrrole nitrogens is 1. The van der Waals surface area contributed by atoms with Crippen LogP contribution in [0.4, 0.5) is 11.4 Å². The Morgan fingerprint density at radius 2 is 1.79 bits per heavy atom. The number of aromatic nitrogens is 1. The van der Waals surface area contributed by atoms with E-state index < -0.39 is 28.7 Å². The van der Waals surface area contributed by atoms with Crippen molar-refractivity contribution in [3.63, 3.8) is 0 Å². The maximum Gasteiger partial charge on any atom is 0.269 e. The Morgan fingerprint density at radius 3 is 2.47 bits per heavy atom. The molecular formula is C28H24N4O6. The van der Waals surface area contributed by atoms with Crippen LogP contribution in [0.3, 0.4) is 0 Å². The highest BCUT2D eigenvalue weighted by molar-refractivity contribution is 6.23. The van der Waals surface area contributed by atoms with Gasteiger partial charge in [-0.2, -0.15) is 0 Å². The first-order valence-electron chi connectivity index (χ1n) is 12.0. The van der Waals surface area contributed by atoms with Crippen molar-refractivity contribution in [3.8, 4) is 5.75 Å². The Balaban J connectivity index is 1.45. The lowest BCUT2D eigenvalue weighted by molar-refractivity contribution is -0.384. The number of hydrogen-bond donors (Lipinski definition) is 1. The minimum Gasteiger partial charge on any atom is -0.497 e. The van der Waals surface area contributed by atoms with Crippen molar-refractivity contribution in [2.45, 2.75) is 18.9 Å². The number of methoxy groups -OCH3 is 1. The third kappa shape index (κ3) is 4.59. The molecule has 192 valence electrons. The lowest BCUT2D eigenvalue weighted by atomic mass is 10.1. The summed E-state index contributed by atoms with van der Waals surface area (Å²) in [7, 11) is 1.52. The highest BCUT2D eigenvalue weighted by atomic mass is 16.6. The molecule has 2 heterocycles. The van der Waals surface area contributed by atoms with Crippen molar-refractivity contribution in [1.29, 1.82) is 0 Å². The zero-order chi connectivity index (χ0) is 26.8. The molecule has 1 N–H and O–H groups in total. The fourth-order valence-corrected chi connectivity index (χ4v) is 4.73. The van der Waals surface area contributed by atoms with E-state index in [-0.39, 0.29) is 24.2 Å². The van der Waals surface area contributed by atoms with Crippen LogP contribution in [-0.2, 0) is 16.0 Å². The number of anilines is 1. The van der Waals surface area contributed by atoms with Gasteiger partial charge in [-0.1, -0.05) is 18.2 Å². The van der Waals surface area contributed by atoms with Crippen LogP contribution in [-0.4, -0.2) is 52.2 Å². The van der Waals surface area contributed by atoms with E-state index in [1.54, 1.807) is 24.3 Å². The van der Waals surface area contributed by atoms with Crippen LogP contribution in [0.15, 0.2) is 79.0 Å². The van der Waals surface area contributed by atoms with Crippen molar-refractivity contribution in [3.05, 3.63) is 100 Å². The Labute approximate surface area is 217 Å². The largest absolute Gasteiger partial charge is 0.497 e. The Hall–Kier alpha value is -4.99. The lowest BCUT2D eigenvalue weighted by Gasteiger charge is -2.28. The molecule has 5 rings (SSSR count). The Kier molecular flexibility index (Phi) is 6.61. The number of carbonyl (C=O) groups is 3. The molecule has 1 aromatic heterocycles. The van der Waals surface area contributed by atoms with Crippen molar-refractivity contribution in [2.75, 3.05) is 18.6 Å². The number of nitro groups is 1. The predicted molar refractivity (Wildman–Crippen MR) is 140 cm³/mol. The maximum absolute atomic E-state index is 13.7. The van der Waals surface area contributed by atoms with Crippen molar-refractivity contribution >= 4 is 40.0 Å². The fourth-order valence-electron chi connectivity index (χ4n) is 4.73. The number of imide groups is 1. The highest BCUT2D eigenvalue weighted by Crippen LogP contribution is 2.29. The SMILES string of the molecule is COc1ccc(N2C(=O)CC(N(CCc3c[nH]c4ccccc34)C(=O)c3ccc([N+](=O)[O-])cc3)C2=O)cc1. The summed E-state index contributed by atoms with van der Waals surface area (Å²) in [6.07, 6.45) is 2.13. The molecule has 1 aliphatic rings. The number of nitro benzene ring substituents is 1. The third-order valence-electron chi connectivity index (χ3n) is 6.71. The molecule has 3 aromatic carbocycles. The smallest absolute Gasteiger partial charge is 0.269 e. The molecule has 10 nitrogen and oxygen atoms in total. The summed E-state index contributed by atoms with van der Waals surface area (Å²) in [5, 5.41) is 12.1. The van der Waals surface area contributed by atoms with Crippen LogP contribution in [0.5, 0.6) is 5.75 Å². The predicted octanol–water partition coefficient (Wildman–Crippen LogP) is 4.10. The van der Waals surface area contributed by atoms with Crippen LogP contribution in [0.2, 0.25) is 0 Å². The van der Waals surface area contributed by atoms with Crippen LogP contribution in [0.25, 0.3) is 10.9 Å². The molecule has 1 fully saturated rings. The van der Waals surface area contributed by atoms with E-state index in [1.807, 2.05) is 30.5 Å². The number of para-hydroxylation sites is 1. The third-order valence-corrected chi connectivity index (χ3v) is 6.71. The maximum atomic E-state index is 13.7. The summed E-state index contributed by atoms with van der Waals surface area (Å²) in [6, 6.07) is 18.5. The molecule has 3 amide bonds. The number of benzene rings is 3. The monoisotopic (exact) mass is 512 g/mol. The van der Waals surface area contributed by atoms with E-state index in [0.717, 1.165) is 21.4 Å². The number of aromatic amines is 1. The lowest BCUT2D eigenvalue weighted by Crippen LogP contribution is -2.46. The average molecular weight is 513 g/mol. The summed E-state index contributed by atoms with van der Waals surface area (Å²) >= 11 is 0. The molecule has 38 heavy (non-hydrogen) atoms. The molecule has 1 saturated heterocycles. The van der Waals surface area contributed by atoms with Crippen molar-refractivity contribution < 1.29 is 24.0 Å². The summed E-state index contributed by atoms with van der Waals surface area (Å²) in [5.74, 6) is -0.825. The summed E-state index contributed by atoms with van der Waals surface area (Å²) in [5.41, 5.74) is 2.35. The van der Waals surface area contributed by atoms with Gasteiger partial charge in [0.15, 0.2) is 0 Å². The number of hydrogen-bond acceptors (Lipinski definition) is 6. The second-order valence-corrected chi connectivity index (χ2v) is 8.90. The van der Waals surface area contributed by atoms with Gasteiger partial charge in [0.25, 0.3) is 17.5 Å². The van der Waals surface area contributed by atoms with Gasteiger partial charge in [-0.15, -0.1) is 0 Å². The number of amides is 3. The van der Waals surface area contributed by atoms with Gasteiger partial charge in [-0.3, -0.25) is 24.5 Å². The molecule has 4 aromatic rings. The quantitative estimate of drug-likeness (QED) is 0.215. The van der Waals surface area contributed by atoms with E-state index in [0.29, 0.717) is 17.9 Å². The molecule has 0 spiro atoms. The molecule has 1 atom stereocenters. The van der Waals surface area contributed by atoms with Gasteiger partial charge in [-0.25, -0.2) is 4.90 Å². The Morgan fingerprint density at radius 1 is 1.08 bits per heavy atom. The molecule has 0 radical (unpaired) electrons. The van der Waals surface area contributed by atoms with E-state index >= 15 is 0 Å². The number of non-ortho nitro benzene ring substituents is 1. The number of nitrogens with zero attached hydrogens (tertiary/aromatic N) is 3. The van der Waals surface area contributed by atoms with Crippen molar-refractivity contribution in [2.24, 2.45) is 0 Å². The first kappa shape index (κ1) is 24.7. The highest BCUT2D eigenvalue weighted by Gasteiger charge is 2.44. The van der Waals surface area contributed by atoms with Crippen LogP contribution in [0, 0.1) is 10.1 Å². The molecule has 0 saturated carbocycles. The molecule has 0 bridgehead atoms. The van der Waals surface area contributed by atoms with Gasteiger partial charge in [-0.05, 0) is 54.4 Å². The summed E-state index contributed by atoms with van der Waals surface area (Å²) in [6.45, 7) is 0.164. The van der Waals surface area contributed by atoms with Gasteiger partial charge < -0.3 is 14.6 Å². The topological polar surface area (TPSA) is 126 Å². The zero-order valence-electron chi connectivity index (χ0n) is 20.5. The Bertz CT molecular complexity index is 1530. The summed E-state index contributed by atoms with van der Waals surface area (Å²) in [4.78, 5) is 56.4. The van der Waals surface area contributed by atoms with Crippen molar-refractivity contribution in [1.82, 2.24) is 9.88 Å². The standard InChI is InChI=1S/C28H24N4O6/c1-38-22-12-10-20(11-13-22)31-26(33)16-25(28(31)35)30(27(34)18-6-8-21(9-7-18)32(36)37)15-14-19-17-29-24-5-3-2-4-23(19)24/h2-13,17,25,29H,14-16H2,1H3. The van der Waals surface area contributed by atoms with Crippen LogP contribution >= 0.6 is 0 Å². The minimum absolute atomic E-state index is 0.148. The van der Waals surface area contributed by atoms with Gasteiger partial charge in [0.05, 0.1) is 24.1 Å². The van der Waals surface area contributed by atoms with E-state index in [1.165, 1.54) is 36.3 Å². The van der Waals surface area contributed by atoms with E-state index in [2.05, 4.69) is 4.98 Å². The molecular weight excluding hydrogens is 488 g/mol. The second-order valence-electron chi connectivity index (χ2n) is 8.90. The number of ether oxygens (including phenoxy) is 1. The van der Waals surface area contributed by atoms with Gasteiger partial charge in [0.1, 0.15) is 11.8 Å². The molecule has 1 unspecified atom stereocenters. The number of rotatable bonds is 8. The van der Waals surface area contributed by atoms with E-state index in [9.17, 15) is 24.5 Å². The average Bonchev–Trinajstić information content (AvgIpc) is 3.48. The summed E-state index contributed by atoms with van der Waals surface area (Å²) < 4.78 is 5.16. The molecule has 1 aliphatic heterocycles. The molecule has 10 heteroatoms. The fraction of sp³-hybridized carbons (Fsp3) is 0.179. The van der Waals surface area contributed by atoms with Gasteiger partial charge in [0.2, 0.25) is 5.91 Å². The number of fused-ring (bicyclic) bond motifs is 1. The first-order chi connectivity index (χ1) is 18.4. The van der Waals surface area contributed by atoms with Crippen LogP contribution < -0.4 is 9.64 Å². The normalized spacial score (nSPS) is 15.2.